The summed E-state index contributed by atoms with van der Waals surface area (Å²) in [6.45, 7) is 4.50. The van der Waals surface area contributed by atoms with Crippen molar-refractivity contribution in [1.82, 2.24) is 14.5 Å². The number of nitrogens with zero attached hydrogens (tertiary/aromatic N) is 2. The van der Waals surface area contributed by atoms with Crippen molar-refractivity contribution in [2.45, 2.75) is 68.8 Å². The summed E-state index contributed by atoms with van der Waals surface area (Å²) >= 11 is 0. The number of nitrogens with one attached hydrogen (secondary N) is 1. The minimum atomic E-state index is -4.03. The maximum absolute atomic E-state index is 13.8. The Bertz CT molecular complexity index is 1210. The Morgan fingerprint density at radius 1 is 1.09 bits per heavy atom. The predicted molar refractivity (Wildman–Crippen MR) is 135 cm³/mol. The molecule has 4 atom stereocenters. The average molecular weight is 498 g/mol. The lowest BCUT2D eigenvalue weighted by Gasteiger charge is -2.29. The topological polar surface area (TPSA) is 86.8 Å². The summed E-state index contributed by atoms with van der Waals surface area (Å²) in [6, 6.07) is 11.8. The average Bonchev–Trinajstić information content (AvgIpc) is 3.41. The van der Waals surface area contributed by atoms with E-state index in [9.17, 15) is 18.0 Å². The maximum Gasteiger partial charge on any atom is 0.266 e. The number of carbonyl (C=O) groups excluding carboxylic acids is 2. The molecule has 0 radical (unpaired) electrons. The molecule has 3 aliphatic heterocycles. The number of likely N-dealkylation sites (tertiary alicyclic amines) is 1. The van der Waals surface area contributed by atoms with Crippen LogP contribution in [0.15, 0.2) is 47.4 Å². The molecule has 3 fully saturated rings. The van der Waals surface area contributed by atoms with Crippen LogP contribution in [0.4, 0.5) is 0 Å². The van der Waals surface area contributed by atoms with Crippen LogP contribution in [0.5, 0.6) is 0 Å². The van der Waals surface area contributed by atoms with E-state index in [2.05, 4.69) is 5.32 Å². The smallest absolute Gasteiger partial charge is 0.266 e. The van der Waals surface area contributed by atoms with Crippen LogP contribution in [0.25, 0.3) is 10.8 Å². The maximum atomic E-state index is 13.8. The summed E-state index contributed by atoms with van der Waals surface area (Å²) in [7, 11) is -4.03. The van der Waals surface area contributed by atoms with E-state index in [-0.39, 0.29) is 22.8 Å². The molecule has 0 spiro atoms. The SMILES string of the molecule is CCC[C@@H]1C(=O)N(S(=O)(=O)c2ccc3ccccc3c2)[C@@H]2CCN(C(=O)CCC3CCCNC3)[C@@H]12. The fraction of sp³-hybridized carbons (Fsp3) is 0.556. The van der Waals surface area contributed by atoms with E-state index < -0.39 is 22.0 Å². The molecule has 188 valence electrons. The summed E-state index contributed by atoms with van der Waals surface area (Å²) in [6.07, 6.45) is 5.42. The molecular formula is C27H35N3O4S. The molecule has 0 aliphatic carbocycles. The highest BCUT2D eigenvalue weighted by atomic mass is 32.2. The number of hydrogen-bond acceptors (Lipinski definition) is 5. The van der Waals surface area contributed by atoms with Crippen LogP contribution in [-0.4, -0.2) is 61.2 Å². The van der Waals surface area contributed by atoms with Gasteiger partial charge in [0, 0.05) is 13.0 Å². The molecule has 1 unspecified atom stereocenters. The highest BCUT2D eigenvalue weighted by Gasteiger charge is 2.58. The zero-order valence-electron chi connectivity index (χ0n) is 20.4. The van der Waals surface area contributed by atoms with Crippen LogP contribution in [0.1, 0.15) is 51.9 Å². The largest absolute Gasteiger partial charge is 0.337 e. The van der Waals surface area contributed by atoms with Crippen molar-refractivity contribution in [3.63, 3.8) is 0 Å². The van der Waals surface area contributed by atoms with Crippen molar-refractivity contribution in [1.29, 1.82) is 0 Å². The number of amides is 2. The van der Waals surface area contributed by atoms with Crippen LogP contribution in [0.2, 0.25) is 0 Å². The van der Waals surface area contributed by atoms with Gasteiger partial charge in [0.1, 0.15) is 0 Å². The first kappa shape index (κ1) is 24.3. The van der Waals surface area contributed by atoms with Crippen LogP contribution < -0.4 is 5.32 Å². The highest BCUT2D eigenvalue weighted by Crippen LogP contribution is 2.42. The van der Waals surface area contributed by atoms with Gasteiger partial charge in [-0.3, -0.25) is 9.59 Å². The normalized spacial score (nSPS) is 26.9. The first-order chi connectivity index (χ1) is 16.9. The van der Waals surface area contributed by atoms with E-state index in [1.54, 1.807) is 18.2 Å². The third-order valence-corrected chi connectivity index (χ3v) is 9.85. The number of hydrogen-bond donors (Lipinski definition) is 1. The highest BCUT2D eigenvalue weighted by molar-refractivity contribution is 7.89. The number of rotatable bonds is 7. The van der Waals surface area contributed by atoms with Gasteiger partial charge in [-0.25, -0.2) is 12.7 Å². The minimum absolute atomic E-state index is 0.0573. The molecule has 0 aromatic heterocycles. The predicted octanol–water partition coefficient (Wildman–Crippen LogP) is 3.54. The summed E-state index contributed by atoms with van der Waals surface area (Å²) in [5.41, 5.74) is 0. The molecule has 0 bridgehead atoms. The Kier molecular flexibility index (Phi) is 6.86. The number of benzene rings is 2. The van der Waals surface area contributed by atoms with E-state index in [0.29, 0.717) is 31.7 Å². The number of sulfonamides is 1. The second kappa shape index (κ2) is 9.90. The summed E-state index contributed by atoms with van der Waals surface area (Å²) in [4.78, 5) is 28.8. The van der Waals surface area contributed by atoms with Gasteiger partial charge in [-0.2, -0.15) is 0 Å². The van der Waals surface area contributed by atoms with Crippen LogP contribution in [-0.2, 0) is 19.6 Å². The fourth-order valence-corrected chi connectivity index (χ4v) is 7.99. The molecule has 1 N–H and O–H groups in total. The van der Waals surface area contributed by atoms with Crippen molar-refractivity contribution in [3.8, 4) is 0 Å². The van der Waals surface area contributed by atoms with Gasteiger partial charge in [-0.1, -0.05) is 43.7 Å². The Hall–Kier alpha value is -2.45. The van der Waals surface area contributed by atoms with Gasteiger partial charge in [0.15, 0.2) is 0 Å². The number of piperidine rings is 1. The van der Waals surface area contributed by atoms with Crippen molar-refractivity contribution in [3.05, 3.63) is 42.5 Å². The van der Waals surface area contributed by atoms with Gasteiger partial charge < -0.3 is 10.2 Å². The molecule has 2 amide bonds. The molecule has 2 aromatic carbocycles. The van der Waals surface area contributed by atoms with E-state index in [0.717, 1.165) is 53.9 Å². The quantitative estimate of drug-likeness (QED) is 0.632. The van der Waals surface area contributed by atoms with Gasteiger partial charge in [-0.15, -0.1) is 0 Å². The lowest BCUT2D eigenvalue weighted by atomic mass is 9.92. The lowest BCUT2D eigenvalue weighted by Crippen LogP contribution is -2.43. The minimum Gasteiger partial charge on any atom is -0.337 e. The Morgan fingerprint density at radius 3 is 2.63 bits per heavy atom. The monoisotopic (exact) mass is 497 g/mol. The molecule has 3 aliphatic rings. The first-order valence-corrected chi connectivity index (χ1v) is 14.4. The molecular weight excluding hydrogens is 462 g/mol. The van der Waals surface area contributed by atoms with Gasteiger partial charge in [0.05, 0.1) is 22.9 Å². The lowest BCUT2D eigenvalue weighted by molar-refractivity contribution is -0.134. The summed E-state index contributed by atoms with van der Waals surface area (Å²) in [5.74, 6) is -0.263. The van der Waals surface area contributed by atoms with E-state index in [4.69, 9.17) is 0 Å². The molecule has 2 aromatic rings. The van der Waals surface area contributed by atoms with Crippen molar-refractivity contribution >= 4 is 32.6 Å². The molecule has 5 rings (SSSR count). The van der Waals surface area contributed by atoms with Crippen molar-refractivity contribution in [2.75, 3.05) is 19.6 Å². The Morgan fingerprint density at radius 2 is 1.89 bits per heavy atom. The molecule has 3 saturated heterocycles. The van der Waals surface area contributed by atoms with Crippen molar-refractivity contribution < 1.29 is 18.0 Å². The summed E-state index contributed by atoms with van der Waals surface area (Å²) < 4.78 is 28.7. The van der Waals surface area contributed by atoms with Crippen molar-refractivity contribution in [2.24, 2.45) is 11.8 Å². The second-order valence-electron chi connectivity index (χ2n) is 10.2. The van der Waals surface area contributed by atoms with E-state index in [1.807, 2.05) is 36.1 Å². The van der Waals surface area contributed by atoms with Gasteiger partial charge in [0.2, 0.25) is 11.8 Å². The van der Waals surface area contributed by atoms with E-state index >= 15 is 0 Å². The standard InChI is InChI=1S/C27H35N3O4S/c1-2-6-23-26-24(14-16-29(26)25(31)13-10-19-7-5-15-28-18-19)30(27(23)32)35(33,34)22-12-11-20-8-3-4-9-21(20)17-22/h3-4,8-9,11-12,17,19,23-24,26,28H,2,5-7,10,13-16,18H2,1H3/t19?,23-,24+,26-/m0/s1. The molecule has 8 heteroatoms. The third-order valence-electron chi connectivity index (χ3n) is 8.03. The Balaban J connectivity index is 1.40. The number of fused-ring (bicyclic) bond motifs is 2. The second-order valence-corrected chi connectivity index (χ2v) is 12.0. The number of carbonyl (C=O) groups is 2. The molecule has 7 nitrogen and oxygen atoms in total. The molecule has 3 heterocycles. The summed E-state index contributed by atoms with van der Waals surface area (Å²) in [5, 5.41) is 5.17. The van der Waals surface area contributed by atoms with Crippen LogP contribution in [0, 0.1) is 11.8 Å². The zero-order chi connectivity index (χ0) is 24.6. The van der Waals surface area contributed by atoms with Crippen LogP contribution in [0.3, 0.4) is 0 Å². The van der Waals surface area contributed by atoms with Gasteiger partial charge in [0.25, 0.3) is 10.0 Å². The Labute approximate surface area is 207 Å². The van der Waals surface area contributed by atoms with Crippen LogP contribution >= 0.6 is 0 Å². The fourth-order valence-electron chi connectivity index (χ4n) is 6.29. The third kappa shape index (κ3) is 4.47. The van der Waals surface area contributed by atoms with E-state index in [1.165, 1.54) is 0 Å². The zero-order valence-corrected chi connectivity index (χ0v) is 21.2. The van der Waals surface area contributed by atoms with Gasteiger partial charge in [-0.05, 0) is 74.0 Å². The first-order valence-electron chi connectivity index (χ1n) is 13.0. The molecule has 0 saturated carbocycles. The molecule has 35 heavy (non-hydrogen) atoms. The van der Waals surface area contributed by atoms with Gasteiger partial charge >= 0.3 is 0 Å².